The largest absolute Gasteiger partial charge is 0.399 e. The molecule has 0 saturated heterocycles. The summed E-state index contributed by atoms with van der Waals surface area (Å²) in [5.41, 5.74) is 7.46. The fourth-order valence-electron chi connectivity index (χ4n) is 2.08. The second kappa shape index (κ2) is 5.09. The van der Waals surface area contributed by atoms with Crippen LogP contribution < -0.4 is 11.1 Å². The van der Waals surface area contributed by atoms with Gasteiger partial charge in [-0.15, -0.1) is 11.3 Å². The summed E-state index contributed by atoms with van der Waals surface area (Å²) in [4.78, 5) is 10.2. The Morgan fingerprint density at radius 1 is 1.25 bits per heavy atom. The molecule has 0 amide bonds. The molecule has 3 rings (SSSR count). The van der Waals surface area contributed by atoms with Crippen molar-refractivity contribution in [3.8, 4) is 0 Å². The maximum Gasteiger partial charge on any atom is 0.127 e. The predicted molar refractivity (Wildman–Crippen MR) is 85.0 cm³/mol. The van der Waals surface area contributed by atoms with Crippen molar-refractivity contribution in [2.24, 2.45) is 0 Å². The van der Waals surface area contributed by atoms with E-state index in [0.29, 0.717) is 0 Å². The number of rotatable bonds is 3. The minimum absolute atomic E-state index is 0.146. The zero-order valence-electron chi connectivity index (χ0n) is 11.4. The fraction of sp³-hybridized carbons (Fsp3) is 0.200. The van der Waals surface area contributed by atoms with Gasteiger partial charge in [0, 0.05) is 22.1 Å². The summed E-state index contributed by atoms with van der Waals surface area (Å²) in [6.07, 6.45) is 1.90. The smallest absolute Gasteiger partial charge is 0.127 e. The van der Waals surface area contributed by atoms with Crippen molar-refractivity contribution in [1.29, 1.82) is 0 Å². The first kappa shape index (κ1) is 12.9. The highest BCUT2D eigenvalue weighted by Crippen LogP contribution is 2.24. The molecule has 0 saturated carbocycles. The molecular formula is C15H16N4S. The third-order valence-corrected chi connectivity index (χ3v) is 4.18. The van der Waals surface area contributed by atoms with Crippen LogP contribution >= 0.6 is 11.3 Å². The number of pyridine rings is 1. The number of nitrogen functional groups attached to an aromatic ring is 1. The van der Waals surface area contributed by atoms with E-state index in [4.69, 9.17) is 5.73 Å². The average Bonchev–Trinajstić information content (AvgIpc) is 2.86. The van der Waals surface area contributed by atoms with Crippen LogP contribution in [0.3, 0.4) is 0 Å². The summed E-state index contributed by atoms with van der Waals surface area (Å²) in [6, 6.07) is 9.88. The highest BCUT2D eigenvalue weighted by molar-refractivity contribution is 7.11. The van der Waals surface area contributed by atoms with E-state index in [1.165, 1.54) is 4.88 Å². The summed E-state index contributed by atoms with van der Waals surface area (Å²) in [5.74, 6) is 0.850. The summed E-state index contributed by atoms with van der Waals surface area (Å²) in [6.45, 7) is 4.15. The molecule has 3 N–H and O–H groups in total. The number of aromatic nitrogens is 2. The molecule has 5 heteroatoms. The second-order valence-corrected chi connectivity index (χ2v) is 6.09. The van der Waals surface area contributed by atoms with Crippen molar-refractivity contribution in [2.75, 3.05) is 11.1 Å². The molecule has 0 radical (unpaired) electrons. The summed E-state index contributed by atoms with van der Waals surface area (Å²) >= 11 is 1.70. The van der Waals surface area contributed by atoms with Gasteiger partial charge in [0.25, 0.3) is 0 Å². The van der Waals surface area contributed by atoms with E-state index in [1.54, 1.807) is 11.3 Å². The second-order valence-electron chi connectivity index (χ2n) is 4.82. The minimum atomic E-state index is 0.146. The maximum atomic E-state index is 5.77. The Balaban J connectivity index is 1.85. The number of hydrogen-bond donors (Lipinski definition) is 2. The number of nitrogens with two attached hydrogens (primary N) is 1. The Hall–Kier alpha value is -2.14. The number of anilines is 2. The Morgan fingerprint density at radius 3 is 2.85 bits per heavy atom. The summed E-state index contributed by atoms with van der Waals surface area (Å²) in [7, 11) is 0. The first-order chi connectivity index (χ1) is 9.61. The molecule has 1 unspecified atom stereocenters. The van der Waals surface area contributed by atoms with Crippen LogP contribution in [0.15, 0.2) is 36.5 Å². The van der Waals surface area contributed by atoms with Crippen molar-refractivity contribution >= 4 is 33.7 Å². The molecule has 0 aliphatic heterocycles. The Morgan fingerprint density at radius 2 is 2.10 bits per heavy atom. The summed E-state index contributed by atoms with van der Waals surface area (Å²) < 4.78 is 0. The molecular weight excluding hydrogens is 268 g/mol. The van der Waals surface area contributed by atoms with Crippen molar-refractivity contribution in [3.05, 3.63) is 46.4 Å². The Labute approximate surface area is 121 Å². The third kappa shape index (κ3) is 2.58. The van der Waals surface area contributed by atoms with Gasteiger partial charge in [-0.2, -0.15) is 0 Å². The zero-order valence-corrected chi connectivity index (χ0v) is 12.2. The molecule has 0 aliphatic carbocycles. The molecule has 20 heavy (non-hydrogen) atoms. The molecule has 1 aromatic carbocycles. The van der Waals surface area contributed by atoms with Crippen LogP contribution in [0.4, 0.5) is 11.5 Å². The number of thiazole rings is 1. The Kier molecular flexibility index (Phi) is 3.28. The molecule has 2 heterocycles. The number of aryl methyl sites for hydroxylation is 1. The lowest BCUT2D eigenvalue weighted by molar-refractivity contribution is 0.862. The van der Waals surface area contributed by atoms with Crippen LogP contribution in [0.5, 0.6) is 0 Å². The first-order valence-electron chi connectivity index (χ1n) is 6.47. The quantitative estimate of drug-likeness (QED) is 0.719. The van der Waals surface area contributed by atoms with E-state index in [2.05, 4.69) is 29.1 Å². The zero-order chi connectivity index (χ0) is 14.1. The van der Waals surface area contributed by atoms with Gasteiger partial charge in [0.05, 0.1) is 11.6 Å². The lowest BCUT2D eigenvalue weighted by atomic mass is 10.2. The van der Waals surface area contributed by atoms with Gasteiger partial charge in [0.1, 0.15) is 10.8 Å². The lowest BCUT2D eigenvalue weighted by Gasteiger charge is -2.12. The van der Waals surface area contributed by atoms with Gasteiger partial charge < -0.3 is 11.1 Å². The SMILES string of the molecule is Cc1cnc(C(C)Nc2ccc3cc(N)ccc3n2)s1. The molecule has 3 aromatic rings. The number of benzene rings is 1. The van der Waals surface area contributed by atoms with Crippen LogP contribution in [0.25, 0.3) is 10.9 Å². The number of nitrogens with one attached hydrogen (secondary N) is 1. The van der Waals surface area contributed by atoms with E-state index >= 15 is 0 Å². The van der Waals surface area contributed by atoms with Gasteiger partial charge >= 0.3 is 0 Å². The molecule has 0 aliphatic rings. The highest BCUT2D eigenvalue weighted by atomic mass is 32.1. The first-order valence-corrected chi connectivity index (χ1v) is 7.28. The molecule has 1 atom stereocenters. The van der Waals surface area contributed by atoms with Crippen LogP contribution in [0, 0.1) is 6.92 Å². The van der Waals surface area contributed by atoms with E-state index in [1.807, 2.05) is 36.5 Å². The van der Waals surface area contributed by atoms with E-state index in [-0.39, 0.29) is 6.04 Å². The number of hydrogen-bond acceptors (Lipinski definition) is 5. The van der Waals surface area contributed by atoms with Crippen LogP contribution in [-0.4, -0.2) is 9.97 Å². The van der Waals surface area contributed by atoms with Crippen LogP contribution in [0.2, 0.25) is 0 Å². The van der Waals surface area contributed by atoms with Gasteiger partial charge in [-0.25, -0.2) is 9.97 Å². The fourth-order valence-corrected chi connectivity index (χ4v) is 2.86. The van der Waals surface area contributed by atoms with E-state index < -0.39 is 0 Å². The van der Waals surface area contributed by atoms with Gasteiger partial charge in [-0.05, 0) is 44.2 Å². The number of nitrogens with zero attached hydrogens (tertiary/aromatic N) is 2. The van der Waals surface area contributed by atoms with Crippen LogP contribution in [0.1, 0.15) is 22.9 Å². The number of fused-ring (bicyclic) bond motifs is 1. The average molecular weight is 284 g/mol. The van der Waals surface area contributed by atoms with Gasteiger partial charge in [-0.1, -0.05) is 0 Å². The Bertz CT molecular complexity index is 750. The van der Waals surface area contributed by atoms with Gasteiger partial charge in [0.15, 0.2) is 0 Å². The highest BCUT2D eigenvalue weighted by Gasteiger charge is 2.10. The van der Waals surface area contributed by atoms with Crippen LogP contribution in [-0.2, 0) is 0 Å². The molecule has 0 fully saturated rings. The van der Waals surface area contributed by atoms with Crippen molar-refractivity contribution in [3.63, 3.8) is 0 Å². The topological polar surface area (TPSA) is 63.8 Å². The van der Waals surface area contributed by atoms with Crippen molar-refractivity contribution in [2.45, 2.75) is 19.9 Å². The molecule has 102 valence electrons. The molecule has 0 spiro atoms. The lowest BCUT2D eigenvalue weighted by Crippen LogP contribution is -2.07. The maximum absolute atomic E-state index is 5.77. The van der Waals surface area contributed by atoms with Gasteiger partial charge in [-0.3, -0.25) is 0 Å². The van der Waals surface area contributed by atoms with Crippen molar-refractivity contribution in [1.82, 2.24) is 9.97 Å². The standard InChI is InChI=1S/C15H16N4S/c1-9-8-17-15(20-9)10(2)18-14-6-3-11-7-12(16)4-5-13(11)19-14/h3-8,10H,16H2,1-2H3,(H,18,19). The normalized spacial score (nSPS) is 12.5. The minimum Gasteiger partial charge on any atom is -0.399 e. The third-order valence-electron chi connectivity index (χ3n) is 3.09. The van der Waals surface area contributed by atoms with E-state index in [9.17, 15) is 0 Å². The van der Waals surface area contributed by atoms with Crippen molar-refractivity contribution < 1.29 is 0 Å². The monoisotopic (exact) mass is 284 g/mol. The predicted octanol–water partition coefficient (Wildman–Crippen LogP) is 3.76. The molecule has 4 nitrogen and oxygen atoms in total. The molecule has 2 aromatic heterocycles. The summed E-state index contributed by atoms with van der Waals surface area (Å²) in [5, 5.41) is 5.50. The van der Waals surface area contributed by atoms with Gasteiger partial charge in [0.2, 0.25) is 0 Å². The molecule has 0 bridgehead atoms. The van der Waals surface area contributed by atoms with E-state index in [0.717, 1.165) is 27.4 Å².